The lowest BCUT2D eigenvalue weighted by Crippen LogP contribution is -2.46. The van der Waals surface area contributed by atoms with E-state index in [1.165, 1.54) is 12.1 Å². The summed E-state index contributed by atoms with van der Waals surface area (Å²) in [6.07, 6.45) is -1.85. The van der Waals surface area contributed by atoms with Crippen LogP contribution < -0.4 is 0 Å². The summed E-state index contributed by atoms with van der Waals surface area (Å²) in [5, 5.41) is 20.3. The zero-order valence-corrected chi connectivity index (χ0v) is 14.2. The number of benzene rings is 1. The predicted molar refractivity (Wildman–Crippen MR) is 86.5 cm³/mol. The van der Waals surface area contributed by atoms with Crippen LogP contribution >= 0.6 is 0 Å². The molecule has 0 aromatic heterocycles. The average molecular weight is 345 g/mol. The fourth-order valence-electron chi connectivity index (χ4n) is 3.37. The third-order valence-electron chi connectivity index (χ3n) is 5.35. The van der Waals surface area contributed by atoms with E-state index < -0.39 is 17.3 Å². The van der Waals surface area contributed by atoms with E-state index in [1.807, 2.05) is 0 Å². The van der Waals surface area contributed by atoms with Crippen molar-refractivity contribution in [1.29, 1.82) is 0 Å². The van der Waals surface area contributed by atoms with Crippen LogP contribution in [-0.4, -0.2) is 41.4 Å². The maximum absolute atomic E-state index is 12.9. The van der Waals surface area contributed by atoms with E-state index in [9.17, 15) is 23.4 Å². The van der Waals surface area contributed by atoms with Crippen LogP contribution in [0.5, 0.6) is 0 Å². The van der Waals surface area contributed by atoms with Crippen molar-refractivity contribution in [3.63, 3.8) is 0 Å². The van der Waals surface area contributed by atoms with Crippen LogP contribution in [0.3, 0.4) is 0 Å². The molecule has 24 heavy (non-hydrogen) atoms. The van der Waals surface area contributed by atoms with E-state index >= 15 is 0 Å². The van der Waals surface area contributed by atoms with Gasteiger partial charge >= 0.3 is 6.18 Å². The summed E-state index contributed by atoms with van der Waals surface area (Å²) >= 11 is 0. The van der Waals surface area contributed by atoms with Crippen molar-refractivity contribution in [2.24, 2.45) is 5.41 Å². The fraction of sp³-hybridized carbons (Fsp3) is 0.667. The van der Waals surface area contributed by atoms with E-state index in [0.29, 0.717) is 0 Å². The lowest BCUT2D eigenvalue weighted by atomic mass is 9.76. The number of hydrogen-bond donors (Lipinski definition) is 2. The number of β-amino-alcohol motifs (C(OH)–C–C–N with tert-alkyl or cyclic N) is 1. The summed E-state index contributed by atoms with van der Waals surface area (Å²) in [5.41, 5.74) is -1.89. The number of rotatable bonds is 5. The van der Waals surface area contributed by atoms with Crippen molar-refractivity contribution >= 4 is 0 Å². The molecule has 0 spiro atoms. The molecular weight excluding hydrogens is 319 g/mol. The third-order valence-corrected chi connectivity index (χ3v) is 5.35. The van der Waals surface area contributed by atoms with Gasteiger partial charge in [-0.1, -0.05) is 19.1 Å². The summed E-state index contributed by atoms with van der Waals surface area (Å²) < 4.78 is 38.6. The van der Waals surface area contributed by atoms with Gasteiger partial charge in [-0.15, -0.1) is 0 Å². The molecule has 1 unspecified atom stereocenters. The Kier molecular flexibility index (Phi) is 5.62. The van der Waals surface area contributed by atoms with Crippen LogP contribution in [0.15, 0.2) is 24.3 Å². The normalized spacial score (nSPS) is 21.5. The molecule has 1 atom stereocenters. The monoisotopic (exact) mass is 345 g/mol. The Morgan fingerprint density at radius 3 is 2.25 bits per heavy atom. The van der Waals surface area contributed by atoms with Crippen LogP contribution in [0, 0.1) is 5.41 Å². The van der Waals surface area contributed by atoms with Gasteiger partial charge in [-0.2, -0.15) is 13.2 Å². The first-order valence-electron chi connectivity index (χ1n) is 8.35. The van der Waals surface area contributed by atoms with Crippen molar-refractivity contribution in [1.82, 2.24) is 4.90 Å². The van der Waals surface area contributed by atoms with Gasteiger partial charge in [0, 0.05) is 13.2 Å². The number of likely N-dealkylation sites (tertiary alicyclic amines) is 1. The topological polar surface area (TPSA) is 43.7 Å². The van der Waals surface area contributed by atoms with Gasteiger partial charge in [0.25, 0.3) is 0 Å². The van der Waals surface area contributed by atoms with E-state index in [1.54, 1.807) is 6.92 Å². The average Bonchev–Trinajstić information content (AvgIpc) is 2.55. The van der Waals surface area contributed by atoms with Gasteiger partial charge in [-0.05, 0) is 62.4 Å². The Bertz CT molecular complexity index is 543. The molecule has 2 N–H and O–H groups in total. The largest absolute Gasteiger partial charge is 0.416 e. The Hall–Kier alpha value is -1.11. The molecule has 136 valence electrons. The summed E-state index contributed by atoms with van der Waals surface area (Å²) in [5.74, 6) is 0. The van der Waals surface area contributed by atoms with Gasteiger partial charge in [0.1, 0.15) is 0 Å². The van der Waals surface area contributed by atoms with Gasteiger partial charge in [-0.3, -0.25) is 0 Å². The first-order chi connectivity index (χ1) is 11.1. The first kappa shape index (κ1) is 19.2. The molecule has 0 amide bonds. The smallest absolute Gasteiger partial charge is 0.396 e. The summed E-state index contributed by atoms with van der Waals surface area (Å²) in [6.45, 7) is 5.49. The van der Waals surface area contributed by atoms with Gasteiger partial charge in [0.05, 0.1) is 11.2 Å². The number of aliphatic hydroxyl groups is 2. The maximum atomic E-state index is 12.9. The highest BCUT2D eigenvalue weighted by Gasteiger charge is 2.36. The molecular formula is C18H26F3NO2. The van der Waals surface area contributed by atoms with Crippen molar-refractivity contribution in [3.05, 3.63) is 35.4 Å². The predicted octanol–water partition coefficient (Wildman–Crippen LogP) is 3.40. The molecule has 1 aromatic rings. The summed E-state index contributed by atoms with van der Waals surface area (Å²) in [7, 11) is 0. The van der Waals surface area contributed by atoms with Crippen molar-refractivity contribution in [2.45, 2.75) is 44.9 Å². The van der Waals surface area contributed by atoms with Crippen LogP contribution in [0.1, 0.15) is 44.2 Å². The van der Waals surface area contributed by atoms with Crippen molar-refractivity contribution < 1.29 is 23.4 Å². The van der Waals surface area contributed by atoms with E-state index in [2.05, 4.69) is 11.8 Å². The first-order valence-corrected chi connectivity index (χ1v) is 8.35. The van der Waals surface area contributed by atoms with Gasteiger partial charge in [0.15, 0.2) is 0 Å². The summed E-state index contributed by atoms with van der Waals surface area (Å²) in [4.78, 5) is 2.06. The van der Waals surface area contributed by atoms with Gasteiger partial charge in [-0.25, -0.2) is 0 Å². The maximum Gasteiger partial charge on any atom is 0.416 e. The highest BCUT2D eigenvalue weighted by molar-refractivity contribution is 5.29. The summed E-state index contributed by atoms with van der Waals surface area (Å²) in [6, 6.07) is 4.89. The molecule has 0 bridgehead atoms. The number of nitrogens with zero attached hydrogens (tertiary/aromatic N) is 1. The Morgan fingerprint density at radius 1 is 1.17 bits per heavy atom. The molecule has 1 heterocycles. The zero-order valence-electron chi connectivity index (χ0n) is 14.2. The van der Waals surface area contributed by atoms with Crippen LogP contribution in [0.25, 0.3) is 0 Å². The fourth-order valence-corrected chi connectivity index (χ4v) is 3.37. The Labute approximate surface area is 141 Å². The number of alkyl halides is 3. The van der Waals surface area contributed by atoms with E-state index in [0.717, 1.165) is 44.5 Å². The van der Waals surface area contributed by atoms with Crippen LogP contribution in [0.4, 0.5) is 13.2 Å². The quantitative estimate of drug-likeness (QED) is 0.860. The van der Waals surface area contributed by atoms with Crippen LogP contribution in [-0.2, 0) is 11.8 Å². The van der Waals surface area contributed by atoms with E-state index in [-0.39, 0.29) is 24.1 Å². The molecule has 1 fully saturated rings. The molecule has 1 aliphatic heterocycles. The Balaban J connectivity index is 2.07. The second-order valence-electron chi connectivity index (χ2n) is 7.14. The number of hydrogen-bond acceptors (Lipinski definition) is 3. The van der Waals surface area contributed by atoms with Gasteiger partial charge in [0.2, 0.25) is 0 Å². The van der Waals surface area contributed by atoms with Gasteiger partial charge < -0.3 is 15.1 Å². The zero-order chi connectivity index (χ0) is 18.0. The molecule has 1 aromatic carbocycles. The standard InChI is InChI=1S/C18H26F3NO2/c1-3-17(13-23)7-9-22(10-8-17)12-16(2,24)14-5-4-6-15(11-14)18(19,20)21/h4-6,11,23-24H,3,7-10,12-13H2,1-2H3. The SMILES string of the molecule is CCC1(CO)CCN(CC(C)(O)c2cccc(C(F)(F)F)c2)CC1. The second-order valence-corrected chi connectivity index (χ2v) is 7.14. The second kappa shape index (κ2) is 7.02. The van der Waals surface area contributed by atoms with E-state index in [4.69, 9.17) is 0 Å². The molecule has 1 aliphatic rings. The molecule has 6 heteroatoms. The highest BCUT2D eigenvalue weighted by Crippen LogP contribution is 2.36. The van der Waals surface area contributed by atoms with Crippen molar-refractivity contribution in [2.75, 3.05) is 26.2 Å². The lowest BCUT2D eigenvalue weighted by Gasteiger charge is -2.42. The van der Waals surface area contributed by atoms with Crippen molar-refractivity contribution in [3.8, 4) is 0 Å². The minimum absolute atomic E-state index is 0.0570. The number of piperidine rings is 1. The molecule has 0 saturated carbocycles. The minimum atomic E-state index is -4.42. The minimum Gasteiger partial charge on any atom is -0.396 e. The highest BCUT2D eigenvalue weighted by atomic mass is 19.4. The Morgan fingerprint density at radius 2 is 1.75 bits per heavy atom. The molecule has 0 radical (unpaired) electrons. The molecule has 3 nitrogen and oxygen atoms in total. The lowest BCUT2D eigenvalue weighted by molar-refractivity contribution is -0.137. The molecule has 2 rings (SSSR count). The molecule has 0 aliphatic carbocycles. The molecule has 1 saturated heterocycles. The number of halogens is 3. The third kappa shape index (κ3) is 4.29. The number of aliphatic hydroxyl groups excluding tert-OH is 1. The van der Waals surface area contributed by atoms with Crippen LogP contribution in [0.2, 0.25) is 0 Å².